The van der Waals surface area contributed by atoms with E-state index in [0.717, 1.165) is 6.07 Å². The summed E-state index contributed by atoms with van der Waals surface area (Å²) in [5.41, 5.74) is 0.385. The van der Waals surface area contributed by atoms with Crippen LogP contribution in [0.15, 0.2) is 23.1 Å². The summed E-state index contributed by atoms with van der Waals surface area (Å²) in [6.07, 6.45) is 0. The molecule has 1 aromatic carbocycles. The van der Waals surface area contributed by atoms with Gasteiger partial charge in [0.15, 0.2) is 0 Å². The molecule has 106 valence electrons. The van der Waals surface area contributed by atoms with E-state index < -0.39 is 16.0 Å². The Morgan fingerprint density at radius 3 is 2.58 bits per heavy atom. The maximum atomic E-state index is 12.1. The van der Waals surface area contributed by atoms with E-state index >= 15 is 0 Å². The third-order valence-electron chi connectivity index (χ3n) is 2.66. The molecule has 7 heteroatoms. The van der Waals surface area contributed by atoms with Crippen LogP contribution in [-0.4, -0.2) is 37.8 Å². The van der Waals surface area contributed by atoms with Gasteiger partial charge in [-0.25, -0.2) is 17.9 Å². The number of aryl methyl sites for hydroxylation is 1. The second kappa shape index (κ2) is 6.14. The van der Waals surface area contributed by atoms with Gasteiger partial charge >= 0.3 is 5.97 Å². The Morgan fingerprint density at radius 2 is 2.05 bits per heavy atom. The largest absolute Gasteiger partial charge is 0.478 e. The smallest absolute Gasteiger partial charge is 0.335 e. The monoisotopic (exact) mass is 287 g/mol. The Balaban J connectivity index is 3.06. The van der Waals surface area contributed by atoms with Gasteiger partial charge in [-0.15, -0.1) is 0 Å². The summed E-state index contributed by atoms with van der Waals surface area (Å²) >= 11 is 0. The Labute approximate surface area is 112 Å². The molecule has 3 N–H and O–H groups in total. The van der Waals surface area contributed by atoms with Crippen LogP contribution in [0.1, 0.15) is 22.8 Å². The third kappa shape index (κ3) is 4.02. The van der Waals surface area contributed by atoms with Crippen LogP contribution in [-0.2, 0) is 10.0 Å². The number of carboxylic acid groups (broad SMARTS) is 1. The number of benzene rings is 1. The molecular weight excluding hydrogens is 270 g/mol. The molecule has 0 fully saturated rings. The molecule has 0 radical (unpaired) electrons. The molecule has 0 aliphatic rings. The van der Waals surface area contributed by atoms with Crippen molar-refractivity contribution in [3.8, 4) is 0 Å². The molecule has 0 saturated heterocycles. The van der Waals surface area contributed by atoms with Gasteiger partial charge in [-0.05, 0) is 30.5 Å². The second-order valence-corrected chi connectivity index (χ2v) is 6.16. The fourth-order valence-corrected chi connectivity index (χ4v) is 2.85. The quantitative estimate of drug-likeness (QED) is 0.711. The average Bonchev–Trinajstić information content (AvgIpc) is 2.36. The van der Waals surface area contributed by atoms with Gasteiger partial charge in [0, 0.05) is 13.2 Å². The molecule has 0 spiro atoms. The molecule has 1 aromatic rings. The van der Waals surface area contributed by atoms with Gasteiger partial charge in [-0.1, -0.05) is 13.0 Å². The number of aliphatic hydroxyl groups excluding tert-OH is 1. The summed E-state index contributed by atoms with van der Waals surface area (Å²) in [5.74, 6) is -1.39. The molecule has 1 atom stereocenters. The average molecular weight is 287 g/mol. The molecule has 0 amide bonds. The number of aromatic carboxylic acids is 1. The lowest BCUT2D eigenvalue weighted by Gasteiger charge is -2.12. The van der Waals surface area contributed by atoms with Gasteiger partial charge < -0.3 is 10.2 Å². The molecule has 0 bridgehead atoms. The molecule has 0 saturated carbocycles. The number of hydrogen-bond acceptors (Lipinski definition) is 4. The van der Waals surface area contributed by atoms with Crippen LogP contribution in [0.25, 0.3) is 0 Å². The normalized spacial score (nSPS) is 13.2. The Hall–Kier alpha value is -1.44. The van der Waals surface area contributed by atoms with Gasteiger partial charge in [-0.2, -0.15) is 0 Å². The minimum atomic E-state index is -3.78. The fraction of sp³-hybridized carbons (Fsp3) is 0.417. The van der Waals surface area contributed by atoms with Gasteiger partial charge in [-0.3, -0.25) is 0 Å². The minimum Gasteiger partial charge on any atom is -0.478 e. The van der Waals surface area contributed by atoms with E-state index in [2.05, 4.69) is 4.72 Å². The third-order valence-corrected chi connectivity index (χ3v) is 4.22. The lowest BCUT2D eigenvalue weighted by atomic mass is 10.1. The maximum Gasteiger partial charge on any atom is 0.335 e. The standard InChI is InChI=1S/C12H17NO5S/c1-8(7-14)6-13-19(17,18)11-5-10(12(15)16)4-3-9(11)2/h3-5,8,13-14H,6-7H2,1-2H3,(H,15,16). The van der Waals surface area contributed by atoms with Crippen molar-refractivity contribution in [3.05, 3.63) is 29.3 Å². The first kappa shape index (κ1) is 15.6. The van der Waals surface area contributed by atoms with Crippen molar-refractivity contribution in [2.45, 2.75) is 18.7 Å². The Kier molecular flexibility index (Phi) is 5.04. The minimum absolute atomic E-state index is 0.0578. The molecule has 0 aliphatic carbocycles. The predicted molar refractivity (Wildman–Crippen MR) is 69.6 cm³/mol. The van der Waals surface area contributed by atoms with E-state index in [9.17, 15) is 13.2 Å². The Morgan fingerprint density at radius 1 is 1.42 bits per heavy atom. The molecule has 0 heterocycles. The number of aliphatic hydroxyl groups is 1. The van der Waals surface area contributed by atoms with E-state index in [0.29, 0.717) is 5.56 Å². The zero-order valence-electron chi connectivity index (χ0n) is 10.8. The predicted octanol–water partition coefficient (Wildman–Crippen LogP) is 0.600. The molecule has 1 rings (SSSR count). The number of rotatable bonds is 6. The topological polar surface area (TPSA) is 104 Å². The molecular formula is C12H17NO5S. The lowest BCUT2D eigenvalue weighted by molar-refractivity contribution is 0.0696. The molecule has 19 heavy (non-hydrogen) atoms. The zero-order valence-corrected chi connectivity index (χ0v) is 11.6. The Bertz CT molecular complexity index is 567. The van der Waals surface area contributed by atoms with Crippen molar-refractivity contribution in [2.24, 2.45) is 5.92 Å². The van der Waals surface area contributed by atoms with Crippen molar-refractivity contribution >= 4 is 16.0 Å². The zero-order chi connectivity index (χ0) is 14.6. The number of carboxylic acids is 1. The fourth-order valence-electron chi connectivity index (χ4n) is 1.42. The SMILES string of the molecule is Cc1ccc(C(=O)O)cc1S(=O)(=O)NCC(C)CO. The summed E-state index contributed by atoms with van der Waals surface area (Å²) in [6, 6.07) is 3.93. The maximum absolute atomic E-state index is 12.1. The van der Waals surface area contributed by atoms with E-state index in [1.165, 1.54) is 12.1 Å². The van der Waals surface area contributed by atoms with E-state index in [1.54, 1.807) is 13.8 Å². The van der Waals surface area contributed by atoms with E-state index in [4.69, 9.17) is 10.2 Å². The summed E-state index contributed by atoms with van der Waals surface area (Å²) in [6.45, 7) is 3.25. The van der Waals surface area contributed by atoms with Crippen LogP contribution in [0.3, 0.4) is 0 Å². The highest BCUT2D eigenvalue weighted by Crippen LogP contribution is 2.17. The van der Waals surface area contributed by atoms with Crippen molar-refractivity contribution in [2.75, 3.05) is 13.2 Å². The van der Waals surface area contributed by atoms with E-state index in [-0.39, 0.29) is 29.5 Å². The molecule has 0 aliphatic heterocycles. The van der Waals surface area contributed by atoms with Crippen molar-refractivity contribution in [1.29, 1.82) is 0 Å². The molecule has 0 aromatic heterocycles. The summed E-state index contributed by atoms with van der Waals surface area (Å²) in [4.78, 5) is 10.8. The van der Waals surface area contributed by atoms with Gasteiger partial charge in [0.2, 0.25) is 10.0 Å². The highest BCUT2D eigenvalue weighted by molar-refractivity contribution is 7.89. The van der Waals surface area contributed by atoms with Crippen LogP contribution >= 0.6 is 0 Å². The summed E-state index contributed by atoms with van der Waals surface area (Å²) < 4.78 is 26.5. The van der Waals surface area contributed by atoms with Crippen LogP contribution < -0.4 is 4.72 Å². The highest BCUT2D eigenvalue weighted by atomic mass is 32.2. The van der Waals surface area contributed by atoms with Crippen molar-refractivity contribution in [3.63, 3.8) is 0 Å². The summed E-state index contributed by atoms with van der Waals surface area (Å²) in [7, 11) is -3.78. The van der Waals surface area contributed by atoms with Gasteiger partial charge in [0.1, 0.15) is 0 Å². The van der Waals surface area contributed by atoms with Gasteiger partial charge in [0.25, 0.3) is 0 Å². The molecule has 1 unspecified atom stereocenters. The van der Waals surface area contributed by atoms with Crippen LogP contribution in [0.5, 0.6) is 0 Å². The first-order valence-corrected chi connectivity index (χ1v) is 7.20. The highest BCUT2D eigenvalue weighted by Gasteiger charge is 2.19. The summed E-state index contributed by atoms with van der Waals surface area (Å²) in [5, 5.41) is 17.7. The van der Waals surface area contributed by atoms with E-state index in [1.807, 2.05) is 0 Å². The lowest BCUT2D eigenvalue weighted by Crippen LogP contribution is -2.30. The first-order valence-electron chi connectivity index (χ1n) is 5.72. The number of nitrogens with one attached hydrogen (secondary N) is 1. The van der Waals surface area contributed by atoms with Crippen LogP contribution in [0.2, 0.25) is 0 Å². The van der Waals surface area contributed by atoms with Gasteiger partial charge in [0.05, 0.1) is 10.5 Å². The number of hydrogen-bond donors (Lipinski definition) is 3. The van der Waals surface area contributed by atoms with Crippen LogP contribution in [0.4, 0.5) is 0 Å². The first-order chi connectivity index (χ1) is 8.77. The van der Waals surface area contributed by atoms with Crippen molar-refractivity contribution in [1.82, 2.24) is 4.72 Å². The molecule has 6 nitrogen and oxygen atoms in total. The second-order valence-electron chi connectivity index (χ2n) is 4.43. The van der Waals surface area contributed by atoms with Crippen LogP contribution in [0, 0.1) is 12.8 Å². The van der Waals surface area contributed by atoms with Crippen molar-refractivity contribution < 1.29 is 23.4 Å². The number of carbonyl (C=O) groups is 1. The number of sulfonamides is 1.